The van der Waals surface area contributed by atoms with Crippen LogP contribution in [0.4, 0.5) is 0 Å². The monoisotopic (exact) mass is 415 g/mol. The highest BCUT2D eigenvalue weighted by atomic mass is 32.2. The molecule has 0 unspecified atom stereocenters. The van der Waals surface area contributed by atoms with E-state index in [4.69, 9.17) is 10.1 Å². The van der Waals surface area contributed by atoms with Crippen molar-refractivity contribution in [1.82, 2.24) is 20.1 Å². The molecule has 1 amide bonds. The highest BCUT2D eigenvalue weighted by Crippen LogP contribution is 2.32. The molecule has 1 aliphatic carbocycles. The van der Waals surface area contributed by atoms with Gasteiger partial charge in [0, 0.05) is 29.7 Å². The maximum atomic E-state index is 12.6. The summed E-state index contributed by atoms with van der Waals surface area (Å²) in [5, 5.41) is 8.40. The summed E-state index contributed by atoms with van der Waals surface area (Å²) in [5.41, 5.74) is 3.52. The third-order valence-corrected chi connectivity index (χ3v) is 6.18. The molecule has 0 spiro atoms. The van der Waals surface area contributed by atoms with Crippen molar-refractivity contribution in [3.8, 4) is 16.9 Å². The van der Waals surface area contributed by atoms with Crippen molar-refractivity contribution >= 4 is 28.9 Å². The number of amides is 1. The van der Waals surface area contributed by atoms with E-state index in [9.17, 15) is 4.79 Å². The summed E-state index contributed by atoms with van der Waals surface area (Å²) in [6.07, 6.45) is 12.0. The van der Waals surface area contributed by atoms with E-state index in [2.05, 4.69) is 10.3 Å². The zero-order valence-corrected chi connectivity index (χ0v) is 17.2. The molecule has 2 aliphatic rings. The highest BCUT2D eigenvalue weighted by molar-refractivity contribution is 8.18. The predicted octanol–water partition coefficient (Wildman–Crippen LogP) is 4.44. The summed E-state index contributed by atoms with van der Waals surface area (Å²) in [5.74, 6) is -0.110. The fraction of sp³-hybridized carbons (Fsp3) is 0.217. The topological polar surface area (TPSA) is 72.2 Å². The van der Waals surface area contributed by atoms with Crippen LogP contribution in [0.1, 0.15) is 31.2 Å². The molecule has 3 heterocycles. The molecule has 2 fully saturated rings. The Morgan fingerprint density at radius 3 is 2.73 bits per heavy atom. The van der Waals surface area contributed by atoms with Gasteiger partial charge in [0.1, 0.15) is 5.69 Å². The molecule has 1 saturated carbocycles. The van der Waals surface area contributed by atoms with E-state index in [0.29, 0.717) is 16.1 Å². The summed E-state index contributed by atoms with van der Waals surface area (Å²) in [7, 11) is 0. The van der Waals surface area contributed by atoms with Crippen molar-refractivity contribution in [3.05, 3.63) is 71.5 Å². The molecule has 150 valence electrons. The molecule has 5 rings (SSSR count). The number of aromatic nitrogens is 3. The Morgan fingerprint density at radius 2 is 1.97 bits per heavy atom. The third kappa shape index (κ3) is 3.93. The average molecular weight is 416 g/mol. The molecule has 7 heteroatoms. The van der Waals surface area contributed by atoms with Crippen LogP contribution >= 0.6 is 11.8 Å². The lowest BCUT2D eigenvalue weighted by atomic mass is 10.1. The van der Waals surface area contributed by atoms with Gasteiger partial charge < -0.3 is 5.32 Å². The Balaban J connectivity index is 1.51. The number of hydrogen-bond donors (Lipinski definition) is 1. The molecule has 0 bridgehead atoms. The maximum Gasteiger partial charge on any atom is 0.264 e. The van der Waals surface area contributed by atoms with Crippen LogP contribution in [0.25, 0.3) is 23.0 Å². The summed E-state index contributed by atoms with van der Waals surface area (Å²) in [4.78, 5) is 22.1. The van der Waals surface area contributed by atoms with Gasteiger partial charge in [-0.25, -0.2) is 4.68 Å². The summed E-state index contributed by atoms with van der Waals surface area (Å²) in [6.45, 7) is 0. The number of benzene rings is 1. The first-order chi connectivity index (χ1) is 14.8. The van der Waals surface area contributed by atoms with Gasteiger partial charge in [-0.05, 0) is 54.9 Å². The van der Waals surface area contributed by atoms with E-state index in [1.54, 1.807) is 12.4 Å². The van der Waals surface area contributed by atoms with Gasteiger partial charge in [-0.15, -0.1) is 0 Å². The van der Waals surface area contributed by atoms with Crippen LogP contribution in [-0.2, 0) is 4.79 Å². The molecule has 3 aromatic rings. The van der Waals surface area contributed by atoms with Gasteiger partial charge in [-0.3, -0.25) is 14.8 Å². The van der Waals surface area contributed by atoms with Gasteiger partial charge >= 0.3 is 0 Å². The van der Waals surface area contributed by atoms with Crippen molar-refractivity contribution in [1.29, 1.82) is 0 Å². The molecule has 1 aromatic carbocycles. The average Bonchev–Trinajstić information content (AvgIpc) is 3.51. The van der Waals surface area contributed by atoms with Gasteiger partial charge in [-0.1, -0.05) is 31.0 Å². The van der Waals surface area contributed by atoms with Crippen LogP contribution in [-0.4, -0.2) is 31.9 Å². The fourth-order valence-electron chi connectivity index (χ4n) is 3.76. The molecule has 0 atom stereocenters. The molecule has 1 aliphatic heterocycles. The lowest BCUT2D eigenvalue weighted by Gasteiger charge is -2.02. The summed E-state index contributed by atoms with van der Waals surface area (Å²) in [6, 6.07) is 14.1. The minimum atomic E-state index is -0.110. The first-order valence-electron chi connectivity index (χ1n) is 10.1. The number of thioether (sulfide) groups is 1. The highest BCUT2D eigenvalue weighted by Gasteiger charge is 2.26. The number of pyridine rings is 1. The molecule has 1 saturated heterocycles. The van der Waals surface area contributed by atoms with Crippen LogP contribution in [0, 0.1) is 0 Å². The summed E-state index contributed by atoms with van der Waals surface area (Å²) < 4.78 is 1.83. The number of carbonyl (C=O) groups is 1. The van der Waals surface area contributed by atoms with E-state index < -0.39 is 0 Å². The lowest BCUT2D eigenvalue weighted by molar-refractivity contribution is -0.115. The van der Waals surface area contributed by atoms with Crippen LogP contribution in [0.2, 0.25) is 0 Å². The van der Waals surface area contributed by atoms with Gasteiger partial charge in [0.15, 0.2) is 5.17 Å². The van der Waals surface area contributed by atoms with Gasteiger partial charge in [0.25, 0.3) is 5.91 Å². The second-order valence-corrected chi connectivity index (χ2v) is 8.42. The zero-order valence-electron chi connectivity index (χ0n) is 16.4. The summed E-state index contributed by atoms with van der Waals surface area (Å²) >= 11 is 1.41. The lowest BCUT2D eigenvalue weighted by Crippen LogP contribution is -2.21. The van der Waals surface area contributed by atoms with E-state index >= 15 is 0 Å². The fourth-order valence-corrected chi connectivity index (χ4v) is 4.65. The largest absolute Gasteiger partial charge is 0.301 e. The van der Waals surface area contributed by atoms with Crippen molar-refractivity contribution < 1.29 is 4.79 Å². The maximum absolute atomic E-state index is 12.6. The number of nitrogens with one attached hydrogen (secondary N) is 1. The van der Waals surface area contributed by atoms with Crippen LogP contribution in [0.5, 0.6) is 0 Å². The number of para-hydroxylation sites is 1. The second-order valence-electron chi connectivity index (χ2n) is 7.39. The van der Waals surface area contributed by atoms with Crippen molar-refractivity contribution in [2.45, 2.75) is 31.7 Å². The Labute approximate surface area is 179 Å². The van der Waals surface area contributed by atoms with E-state index in [-0.39, 0.29) is 5.91 Å². The molecular formula is C23H21N5OS. The normalized spacial score (nSPS) is 19.7. The number of aliphatic imine (C=N–C) groups is 1. The molecule has 1 N–H and O–H groups in total. The molecule has 30 heavy (non-hydrogen) atoms. The Morgan fingerprint density at radius 1 is 1.13 bits per heavy atom. The van der Waals surface area contributed by atoms with E-state index in [1.807, 2.05) is 59.4 Å². The number of nitrogens with zero attached hydrogens (tertiary/aromatic N) is 4. The van der Waals surface area contributed by atoms with Crippen LogP contribution in [0.3, 0.4) is 0 Å². The quantitative estimate of drug-likeness (QED) is 0.640. The Bertz CT molecular complexity index is 1120. The van der Waals surface area contributed by atoms with Gasteiger partial charge in [-0.2, -0.15) is 5.10 Å². The Kier molecular flexibility index (Phi) is 5.19. The standard InChI is InChI=1S/C23H21N5OS/c29-22-20(30-23(26-22)25-18-8-4-5-9-18)13-17-15-28(19-10-2-1-3-11-19)27-21(17)16-7-6-12-24-14-16/h1-3,6-7,10-15,18H,4-5,8-9H2,(H,25,26,29)/b20-13+. The van der Waals surface area contributed by atoms with Gasteiger partial charge in [0.2, 0.25) is 0 Å². The molecular weight excluding hydrogens is 394 g/mol. The minimum absolute atomic E-state index is 0.110. The third-order valence-electron chi connectivity index (χ3n) is 5.26. The Hall–Kier alpha value is -3.19. The van der Waals surface area contributed by atoms with Crippen molar-refractivity contribution in [3.63, 3.8) is 0 Å². The zero-order chi connectivity index (χ0) is 20.3. The number of hydrogen-bond acceptors (Lipinski definition) is 5. The molecule has 6 nitrogen and oxygen atoms in total. The predicted molar refractivity (Wildman–Crippen MR) is 120 cm³/mol. The van der Waals surface area contributed by atoms with E-state index in [1.165, 1.54) is 24.6 Å². The van der Waals surface area contributed by atoms with Crippen molar-refractivity contribution in [2.75, 3.05) is 0 Å². The number of rotatable bonds is 4. The van der Waals surface area contributed by atoms with E-state index in [0.717, 1.165) is 35.3 Å². The first kappa shape index (κ1) is 18.8. The van der Waals surface area contributed by atoms with Gasteiger partial charge in [0.05, 0.1) is 16.6 Å². The first-order valence-corrected chi connectivity index (χ1v) is 10.9. The number of carbonyl (C=O) groups excluding carboxylic acids is 1. The van der Waals surface area contributed by atoms with Crippen molar-refractivity contribution in [2.24, 2.45) is 4.99 Å². The molecule has 0 radical (unpaired) electrons. The van der Waals surface area contributed by atoms with Crippen LogP contribution < -0.4 is 5.32 Å². The number of amidine groups is 1. The van der Waals surface area contributed by atoms with Crippen LogP contribution in [0.15, 0.2) is 71.0 Å². The SMILES string of the molecule is O=C1NC(=NC2CCCC2)S/C1=C/c1cn(-c2ccccc2)nc1-c1cccnc1. The smallest absolute Gasteiger partial charge is 0.264 e. The second kappa shape index (κ2) is 8.28. The molecule has 2 aromatic heterocycles. The minimum Gasteiger partial charge on any atom is -0.301 e.